The quantitative estimate of drug-likeness (QED) is 0.582. The summed E-state index contributed by atoms with van der Waals surface area (Å²) in [4.78, 5) is 21.9. The Kier molecular flexibility index (Phi) is 5.11. The van der Waals surface area contributed by atoms with Crippen LogP contribution >= 0.6 is 0 Å². The van der Waals surface area contributed by atoms with Gasteiger partial charge in [-0.25, -0.2) is 0 Å². The van der Waals surface area contributed by atoms with Crippen LogP contribution in [-0.4, -0.2) is 25.5 Å². The highest BCUT2D eigenvalue weighted by molar-refractivity contribution is 6.01. The molecule has 0 aliphatic rings. The third-order valence-corrected chi connectivity index (χ3v) is 2.16. The fourth-order valence-corrected chi connectivity index (χ4v) is 1.26. The standard InChI is InChI=1S/C13H13N3O3/c1-16-13(18)10(7-14)6-9-2-4-11(5-3-9)19-8-12(15)17/h2-6H,8H2,1H3,(H2,15,17)(H,16,18). The summed E-state index contributed by atoms with van der Waals surface area (Å²) in [5.41, 5.74) is 5.63. The van der Waals surface area contributed by atoms with E-state index in [9.17, 15) is 9.59 Å². The molecule has 0 heterocycles. The van der Waals surface area contributed by atoms with Crippen LogP contribution in [-0.2, 0) is 9.59 Å². The molecule has 0 spiro atoms. The summed E-state index contributed by atoms with van der Waals surface area (Å²) >= 11 is 0. The highest BCUT2D eigenvalue weighted by Crippen LogP contribution is 2.14. The van der Waals surface area contributed by atoms with Crippen LogP contribution in [0.2, 0.25) is 0 Å². The van der Waals surface area contributed by atoms with E-state index in [2.05, 4.69) is 5.32 Å². The molecule has 98 valence electrons. The van der Waals surface area contributed by atoms with Gasteiger partial charge in [-0.1, -0.05) is 12.1 Å². The third kappa shape index (κ3) is 4.52. The number of nitrogens with one attached hydrogen (secondary N) is 1. The van der Waals surface area contributed by atoms with Crippen molar-refractivity contribution in [2.75, 3.05) is 13.7 Å². The van der Waals surface area contributed by atoms with Crippen LogP contribution in [0.15, 0.2) is 29.8 Å². The van der Waals surface area contributed by atoms with Crippen molar-refractivity contribution in [1.29, 1.82) is 5.26 Å². The van der Waals surface area contributed by atoms with Gasteiger partial charge in [0.05, 0.1) is 0 Å². The molecule has 1 aromatic carbocycles. The lowest BCUT2D eigenvalue weighted by Gasteiger charge is -2.03. The lowest BCUT2D eigenvalue weighted by molar-refractivity contribution is -0.120. The summed E-state index contributed by atoms with van der Waals surface area (Å²) in [6, 6.07) is 8.38. The van der Waals surface area contributed by atoms with Crippen molar-refractivity contribution in [2.45, 2.75) is 0 Å². The molecule has 0 atom stereocenters. The third-order valence-electron chi connectivity index (χ3n) is 2.16. The van der Waals surface area contributed by atoms with Crippen LogP contribution in [0.5, 0.6) is 5.75 Å². The summed E-state index contributed by atoms with van der Waals surface area (Å²) in [7, 11) is 1.45. The Morgan fingerprint density at radius 1 is 1.42 bits per heavy atom. The number of nitrogens with zero attached hydrogens (tertiary/aromatic N) is 1. The Bertz CT molecular complexity index is 541. The Balaban J connectivity index is 2.81. The molecule has 0 unspecified atom stereocenters. The van der Waals surface area contributed by atoms with Gasteiger partial charge < -0.3 is 15.8 Å². The van der Waals surface area contributed by atoms with Gasteiger partial charge in [0.1, 0.15) is 17.4 Å². The predicted octanol–water partition coefficient (Wildman–Crippen LogP) is 0.204. The summed E-state index contributed by atoms with van der Waals surface area (Å²) in [5, 5.41) is 11.2. The zero-order chi connectivity index (χ0) is 14.3. The number of hydrogen-bond donors (Lipinski definition) is 2. The van der Waals surface area contributed by atoms with Crippen molar-refractivity contribution >= 4 is 17.9 Å². The lowest BCUT2D eigenvalue weighted by Crippen LogP contribution is -2.20. The van der Waals surface area contributed by atoms with Crippen LogP contribution in [0.3, 0.4) is 0 Å². The maximum atomic E-state index is 11.3. The van der Waals surface area contributed by atoms with E-state index < -0.39 is 11.8 Å². The molecule has 1 aromatic rings. The summed E-state index contributed by atoms with van der Waals surface area (Å²) in [5.74, 6) is -0.527. The SMILES string of the molecule is CNC(=O)C(C#N)=Cc1ccc(OCC(N)=O)cc1. The molecule has 2 amide bonds. The second kappa shape index (κ2) is 6.81. The number of primary amides is 1. The maximum absolute atomic E-state index is 11.3. The molecule has 0 saturated heterocycles. The monoisotopic (exact) mass is 259 g/mol. The fourth-order valence-electron chi connectivity index (χ4n) is 1.26. The molecule has 0 saturated carbocycles. The van der Waals surface area contributed by atoms with Crippen molar-refractivity contribution in [3.05, 3.63) is 35.4 Å². The summed E-state index contributed by atoms with van der Waals surface area (Å²) in [6.07, 6.45) is 1.46. The number of carbonyl (C=O) groups excluding carboxylic acids is 2. The zero-order valence-corrected chi connectivity index (χ0v) is 10.3. The van der Waals surface area contributed by atoms with Crippen LogP contribution in [0.25, 0.3) is 6.08 Å². The lowest BCUT2D eigenvalue weighted by atomic mass is 10.1. The molecule has 0 bridgehead atoms. The van der Waals surface area contributed by atoms with E-state index >= 15 is 0 Å². The van der Waals surface area contributed by atoms with Crippen molar-refractivity contribution in [3.63, 3.8) is 0 Å². The number of hydrogen-bond acceptors (Lipinski definition) is 4. The van der Waals surface area contributed by atoms with Crippen LogP contribution in [0, 0.1) is 11.3 Å². The average molecular weight is 259 g/mol. The number of nitrogens with two attached hydrogens (primary N) is 1. The van der Waals surface area contributed by atoms with E-state index in [-0.39, 0.29) is 12.2 Å². The number of amides is 2. The second-order valence-corrected chi connectivity index (χ2v) is 3.57. The minimum Gasteiger partial charge on any atom is -0.484 e. The predicted molar refractivity (Wildman–Crippen MR) is 68.8 cm³/mol. The van der Waals surface area contributed by atoms with Crippen LogP contribution < -0.4 is 15.8 Å². The molecule has 0 aromatic heterocycles. The largest absolute Gasteiger partial charge is 0.484 e. The normalized spacial score (nSPS) is 10.4. The first kappa shape index (κ1) is 14.3. The van der Waals surface area contributed by atoms with Gasteiger partial charge in [-0.15, -0.1) is 0 Å². The molecule has 0 aliphatic carbocycles. The fraction of sp³-hybridized carbons (Fsp3) is 0.154. The number of rotatable bonds is 5. The summed E-state index contributed by atoms with van der Waals surface area (Å²) < 4.78 is 5.08. The van der Waals surface area contributed by atoms with Gasteiger partial charge in [0.2, 0.25) is 0 Å². The minimum absolute atomic E-state index is 0.00769. The van der Waals surface area contributed by atoms with E-state index in [4.69, 9.17) is 15.7 Å². The number of benzene rings is 1. The number of carbonyl (C=O) groups is 2. The van der Waals surface area contributed by atoms with Crippen molar-refractivity contribution < 1.29 is 14.3 Å². The van der Waals surface area contributed by atoms with Gasteiger partial charge in [0.15, 0.2) is 6.61 Å². The Morgan fingerprint density at radius 2 is 2.05 bits per heavy atom. The van der Waals surface area contributed by atoms with Crippen molar-refractivity contribution in [1.82, 2.24) is 5.32 Å². The number of nitriles is 1. The molecule has 0 fully saturated rings. The van der Waals surface area contributed by atoms with Gasteiger partial charge in [-0.05, 0) is 23.8 Å². The first-order valence-electron chi connectivity index (χ1n) is 5.42. The maximum Gasteiger partial charge on any atom is 0.261 e. The van der Waals surface area contributed by atoms with Gasteiger partial charge in [0, 0.05) is 7.05 Å². The van der Waals surface area contributed by atoms with Crippen LogP contribution in [0.1, 0.15) is 5.56 Å². The molecule has 6 nitrogen and oxygen atoms in total. The first-order chi connectivity index (χ1) is 9.06. The highest BCUT2D eigenvalue weighted by atomic mass is 16.5. The van der Waals surface area contributed by atoms with Crippen LogP contribution in [0.4, 0.5) is 0 Å². The number of ether oxygens (including phenoxy) is 1. The zero-order valence-electron chi connectivity index (χ0n) is 10.3. The Labute approximate surface area is 110 Å². The molecule has 3 N–H and O–H groups in total. The molecular weight excluding hydrogens is 246 g/mol. The van der Waals surface area contributed by atoms with Gasteiger partial charge in [0.25, 0.3) is 11.8 Å². The topological polar surface area (TPSA) is 105 Å². The summed E-state index contributed by atoms with van der Waals surface area (Å²) in [6.45, 7) is -0.198. The van der Waals surface area contributed by atoms with Gasteiger partial charge >= 0.3 is 0 Å². The van der Waals surface area contributed by atoms with Gasteiger partial charge in [-0.3, -0.25) is 9.59 Å². The van der Waals surface area contributed by atoms with E-state index in [0.29, 0.717) is 11.3 Å². The first-order valence-corrected chi connectivity index (χ1v) is 5.42. The van der Waals surface area contributed by atoms with Crippen molar-refractivity contribution in [2.24, 2.45) is 5.73 Å². The van der Waals surface area contributed by atoms with E-state index in [1.165, 1.54) is 13.1 Å². The smallest absolute Gasteiger partial charge is 0.261 e. The second-order valence-electron chi connectivity index (χ2n) is 3.57. The molecule has 0 radical (unpaired) electrons. The molecule has 0 aliphatic heterocycles. The average Bonchev–Trinajstić information content (AvgIpc) is 2.42. The van der Waals surface area contributed by atoms with E-state index in [0.717, 1.165) is 0 Å². The molecule has 19 heavy (non-hydrogen) atoms. The number of likely N-dealkylation sites (N-methyl/N-ethyl adjacent to an activating group) is 1. The Morgan fingerprint density at radius 3 is 2.53 bits per heavy atom. The van der Waals surface area contributed by atoms with Crippen molar-refractivity contribution in [3.8, 4) is 11.8 Å². The molecule has 6 heteroatoms. The minimum atomic E-state index is -0.560. The van der Waals surface area contributed by atoms with E-state index in [1.807, 2.05) is 6.07 Å². The Hall–Kier alpha value is -2.81. The van der Waals surface area contributed by atoms with Gasteiger partial charge in [-0.2, -0.15) is 5.26 Å². The van der Waals surface area contributed by atoms with E-state index in [1.54, 1.807) is 24.3 Å². The molecule has 1 rings (SSSR count). The highest BCUT2D eigenvalue weighted by Gasteiger charge is 2.06. The molecular formula is C13H13N3O3.